The molecular formula is C9H19NO2. The van der Waals surface area contributed by atoms with Gasteiger partial charge in [0.1, 0.15) is 0 Å². The van der Waals surface area contributed by atoms with Crippen molar-refractivity contribution >= 4 is 0 Å². The molecular weight excluding hydrogens is 154 g/mol. The molecule has 72 valence electrons. The average molecular weight is 173 g/mol. The van der Waals surface area contributed by atoms with Gasteiger partial charge in [-0.2, -0.15) is 0 Å². The predicted octanol–water partition coefficient (Wildman–Crippen LogP) is 0.369. The second-order valence-corrected chi connectivity index (χ2v) is 3.92. The van der Waals surface area contributed by atoms with Gasteiger partial charge in [-0.3, -0.25) is 0 Å². The Morgan fingerprint density at radius 3 is 2.58 bits per heavy atom. The summed E-state index contributed by atoms with van der Waals surface area (Å²) < 4.78 is 5.21. The highest BCUT2D eigenvalue weighted by Crippen LogP contribution is 2.35. The predicted molar refractivity (Wildman–Crippen MR) is 47.8 cm³/mol. The van der Waals surface area contributed by atoms with E-state index in [2.05, 4.69) is 13.8 Å². The van der Waals surface area contributed by atoms with Gasteiger partial charge in [0.25, 0.3) is 0 Å². The fraction of sp³-hybridized carbons (Fsp3) is 1.00. The molecule has 0 saturated carbocycles. The Kier molecular flexibility index (Phi) is 3.09. The van der Waals surface area contributed by atoms with Crippen molar-refractivity contribution in [2.75, 3.05) is 19.8 Å². The van der Waals surface area contributed by atoms with Gasteiger partial charge in [0, 0.05) is 5.92 Å². The van der Waals surface area contributed by atoms with Crippen molar-refractivity contribution in [3.8, 4) is 0 Å². The molecule has 1 aliphatic heterocycles. The molecule has 0 aromatic carbocycles. The molecule has 3 atom stereocenters. The molecule has 0 spiro atoms. The van der Waals surface area contributed by atoms with E-state index in [4.69, 9.17) is 10.5 Å². The summed E-state index contributed by atoms with van der Waals surface area (Å²) in [4.78, 5) is 0. The van der Waals surface area contributed by atoms with E-state index in [0.29, 0.717) is 19.8 Å². The van der Waals surface area contributed by atoms with Crippen LogP contribution in [0.15, 0.2) is 0 Å². The number of hydrogen-bond acceptors (Lipinski definition) is 3. The maximum atomic E-state index is 9.61. The van der Waals surface area contributed by atoms with Crippen molar-refractivity contribution in [2.24, 2.45) is 17.1 Å². The zero-order valence-electron chi connectivity index (χ0n) is 7.92. The average Bonchev–Trinajstić information content (AvgIpc) is 2.51. The first kappa shape index (κ1) is 9.96. The molecule has 12 heavy (non-hydrogen) atoms. The number of rotatable bonds is 3. The van der Waals surface area contributed by atoms with Crippen molar-refractivity contribution in [1.82, 2.24) is 0 Å². The fourth-order valence-corrected chi connectivity index (χ4v) is 1.77. The Hall–Kier alpha value is -0.120. The van der Waals surface area contributed by atoms with Crippen LogP contribution in [0.2, 0.25) is 0 Å². The van der Waals surface area contributed by atoms with E-state index in [0.717, 1.165) is 6.42 Å². The van der Waals surface area contributed by atoms with Crippen LogP contribution in [0.3, 0.4) is 0 Å². The first-order valence-corrected chi connectivity index (χ1v) is 4.60. The van der Waals surface area contributed by atoms with Crippen LogP contribution < -0.4 is 5.73 Å². The lowest BCUT2D eigenvalue weighted by Crippen LogP contribution is -2.40. The van der Waals surface area contributed by atoms with Crippen molar-refractivity contribution in [3.05, 3.63) is 0 Å². The molecule has 0 amide bonds. The minimum absolute atomic E-state index is 0.0376. The summed E-state index contributed by atoms with van der Waals surface area (Å²) in [5, 5.41) is 9.61. The van der Waals surface area contributed by atoms with Crippen molar-refractivity contribution in [1.29, 1.82) is 0 Å². The monoisotopic (exact) mass is 173 g/mol. The smallest absolute Gasteiger partial charge is 0.0829 e. The largest absolute Gasteiger partial charge is 0.390 e. The lowest BCUT2D eigenvalue weighted by molar-refractivity contribution is 0.0641. The minimum atomic E-state index is -0.321. The molecule has 1 fully saturated rings. The molecule has 1 heterocycles. The zero-order chi connectivity index (χ0) is 9.19. The quantitative estimate of drug-likeness (QED) is 0.648. The van der Waals surface area contributed by atoms with Gasteiger partial charge in [-0.25, -0.2) is 0 Å². The van der Waals surface area contributed by atoms with Crippen LogP contribution in [-0.4, -0.2) is 31.0 Å². The molecule has 0 aromatic heterocycles. The van der Waals surface area contributed by atoms with Gasteiger partial charge in [0.05, 0.1) is 19.3 Å². The van der Waals surface area contributed by atoms with E-state index in [1.165, 1.54) is 0 Å². The van der Waals surface area contributed by atoms with Crippen LogP contribution in [0.5, 0.6) is 0 Å². The molecule has 0 bridgehead atoms. The lowest BCUT2D eigenvalue weighted by Gasteiger charge is -2.34. The zero-order valence-corrected chi connectivity index (χ0v) is 7.92. The number of aliphatic hydroxyl groups excluding tert-OH is 1. The van der Waals surface area contributed by atoms with Crippen LogP contribution in [-0.2, 0) is 4.74 Å². The summed E-state index contributed by atoms with van der Waals surface area (Å²) in [6, 6.07) is 0. The van der Waals surface area contributed by atoms with Gasteiger partial charge in [0.2, 0.25) is 0 Å². The standard InChI is InChI=1S/C9H19NO2/c1-3-9(2,6-10)7-4-12-5-8(7)11/h7-8,11H,3-6,10H2,1-2H3. The maximum absolute atomic E-state index is 9.61. The molecule has 0 aromatic rings. The molecule has 1 rings (SSSR count). The van der Waals surface area contributed by atoms with Gasteiger partial charge < -0.3 is 15.6 Å². The topological polar surface area (TPSA) is 55.5 Å². The van der Waals surface area contributed by atoms with E-state index < -0.39 is 0 Å². The van der Waals surface area contributed by atoms with E-state index in [1.807, 2.05) is 0 Å². The van der Waals surface area contributed by atoms with Gasteiger partial charge in [-0.15, -0.1) is 0 Å². The van der Waals surface area contributed by atoms with E-state index in [1.54, 1.807) is 0 Å². The van der Waals surface area contributed by atoms with Crippen LogP contribution >= 0.6 is 0 Å². The van der Waals surface area contributed by atoms with E-state index in [-0.39, 0.29) is 17.4 Å². The third-order valence-electron chi connectivity index (χ3n) is 3.22. The normalized spacial score (nSPS) is 35.0. The van der Waals surface area contributed by atoms with Gasteiger partial charge in [-0.05, 0) is 18.4 Å². The first-order chi connectivity index (χ1) is 5.64. The van der Waals surface area contributed by atoms with Crippen LogP contribution in [0.4, 0.5) is 0 Å². The Bertz CT molecular complexity index is 145. The number of hydrogen-bond donors (Lipinski definition) is 2. The van der Waals surface area contributed by atoms with Crippen LogP contribution in [0.25, 0.3) is 0 Å². The summed E-state index contributed by atoms with van der Waals surface area (Å²) >= 11 is 0. The summed E-state index contributed by atoms with van der Waals surface area (Å²) in [6.45, 7) is 5.98. The molecule has 1 saturated heterocycles. The highest BCUT2D eigenvalue weighted by molar-refractivity contribution is 4.89. The van der Waals surface area contributed by atoms with Crippen molar-refractivity contribution in [3.63, 3.8) is 0 Å². The molecule has 3 N–H and O–H groups in total. The number of nitrogens with two attached hydrogens (primary N) is 1. The molecule has 0 aliphatic carbocycles. The minimum Gasteiger partial charge on any atom is -0.390 e. The number of aliphatic hydroxyl groups is 1. The Labute approximate surface area is 73.9 Å². The van der Waals surface area contributed by atoms with Gasteiger partial charge >= 0.3 is 0 Å². The second kappa shape index (κ2) is 3.73. The van der Waals surface area contributed by atoms with E-state index in [9.17, 15) is 5.11 Å². The van der Waals surface area contributed by atoms with E-state index >= 15 is 0 Å². The summed E-state index contributed by atoms with van der Waals surface area (Å²) in [5.74, 6) is 0.215. The summed E-state index contributed by atoms with van der Waals surface area (Å²) in [7, 11) is 0. The van der Waals surface area contributed by atoms with Gasteiger partial charge in [-0.1, -0.05) is 13.8 Å². The Balaban J connectivity index is 2.64. The SMILES string of the molecule is CCC(C)(CN)C1COCC1O. The summed E-state index contributed by atoms with van der Waals surface area (Å²) in [5.41, 5.74) is 5.73. The third kappa shape index (κ3) is 1.63. The highest BCUT2D eigenvalue weighted by Gasteiger charge is 2.39. The number of ether oxygens (including phenoxy) is 1. The lowest BCUT2D eigenvalue weighted by atomic mass is 9.73. The van der Waals surface area contributed by atoms with Crippen molar-refractivity contribution < 1.29 is 9.84 Å². The Morgan fingerprint density at radius 1 is 1.58 bits per heavy atom. The van der Waals surface area contributed by atoms with Gasteiger partial charge in [0.15, 0.2) is 0 Å². The third-order valence-corrected chi connectivity index (χ3v) is 3.22. The molecule has 3 nitrogen and oxygen atoms in total. The molecule has 0 radical (unpaired) electrons. The summed E-state index contributed by atoms with van der Waals surface area (Å²) in [6.07, 6.45) is 0.674. The highest BCUT2D eigenvalue weighted by atomic mass is 16.5. The maximum Gasteiger partial charge on any atom is 0.0829 e. The first-order valence-electron chi connectivity index (χ1n) is 4.60. The second-order valence-electron chi connectivity index (χ2n) is 3.92. The van der Waals surface area contributed by atoms with Crippen molar-refractivity contribution in [2.45, 2.75) is 26.4 Å². The molecule has 3 heteroatoms. The molecule has 1 aliphatic rings. The van der Waals surface area contributed by atoms with Crippen LogP contribution in [0.1, 0.15) is 20.3 Å². The fourth-order valence-electron chi connectivity index (χ4n) is 1.77. The van der Waals surface area contributed by atoms with Crippen LogP contribution in [0, 0.1) is 11.3 Å². The molecule has 3 unspecified atom stereocenters. The Morgan fingerprint density at radius 2 is 2.25 bits per heavy atom.